The molecule has 3 rings (SSSR count). The first-order valence-corrected chi connectivity index (χ1v) is 8.65. The Morgan fingerprint density at radius 1 is 1.04 bits per heavy atom. The molecule has 1 fully saturated rings. The third-order valence-corrected chi connectivity index (χ3v) is 4.30. The molecule has 1 saturated heterocycles. The Kier molecular flexibility index (Phi) is 5.41. The Hall–Kier alpha value is -3.02. The lowest BCUT2D eigenvalue weighted by Gasteiger charge is -2.36. The highest BCUT2D eigenvalue weighted by molar-refractivity contribution is 5.82. The van der Waals surface area contributed by atoms with E-state index in [4.69, 9.17) is 9.47 Å². The molecule has 1 aliphatic rings. The highest BCUT2D eigenvalue weighted by atomic mass is 16.5. The monoisotopic (exact) mass is 354 g/mol. The zero-order valence-electron chi connectivity index (χ0n) is 14.8. The van der Waals surface area contributed by atoms with Gasteiger partial charge in [-0.2, -0.15) is 0 Å². The average Bonchev–Trinajstić information content (AvgIpc) is 2.62. The molecule has 3 atom stereocenters. The van der Waals surface area contributed by atoms with E-state index < -0.39 is 12.0 Å². The van der Waals surface area contributed by atoms with Crippen LogP contribution in [0.25, 0.3) is 0 Å². The van der Waals surface area contributed by atoms with Crippen LogP contribution in [0.5, 0.6) is 11.5 Å². The van der Waals surface area contributed by atoms with Crippen LogP contribution >= 0.6 is 0 Å². The van der Waals surface area contributed by atoms with Gasteiger partial charge in [0.05, 0.1) is 12.6 Å². The van der Waals surface area contributed by atoms with Crippen LogP contribution in [0.1, 0.15) is 25.5 Å². The van der Waals surface area contributed by atoms with Gasteiger partial charge in [-0.15, -0.1) is 0 Å². The average molecular weight is 354 g/mol. The van der Waals surface area contributed by atoms with Gasteiger partial charge in [-0.3, -0.25) is 4.79 Å². The smallest absolute Gasteiger partial charge is 0.315 e. The van der Waals surface area contributed by atoms with Gasteiger partial charge >= 0.3 is 12.0 Å². The van der Waals surface area contributed by atoms with Gasteiger partial charge in [-0.1, -0.05) is 30.3 Å². The van der Waals surface area contributed by atoms with Crippen molar-refractivity contribution in [2.45, 2.75) is 25.9 Å². The third-order valence-electron chi connectivity index (χ3n) is 4.30. The summed E-state index contributed by atoms with van der Waals surface area (Å²) in [6.45, 7) is 3.86. The van der Waals surface area contributed by atoms with Crippen LogP contribution in [0.2, 0.25) is 0 Å². The third kappa shape index (κ3) is 3.96. The molecule has 0 aliphatic carbocycles. The Morgan fingerprint density at radius 3 is 2.50 bits per heavy atom. The van der Waals surface area contributed by atoms with Crippen molar-refractivity contribution in [1.29, 1.82) is 0 Å². The van der Waals surface area contributed by atoms with Gasteiger partial charge in [-0.05, 0) is 43.7 Å². The van der Waals surface area contributed by atoms with E-state index in [2.05, 4.69) is 10.6 Å². The zero-order valence-corrected chi connectivity index (χ0v) is 14.8. The Labute approximate surface area is 152 Å². The van der Waals surface area contributed by atoms with E-state index in [1.54, 1.807) is 13.8 Å². The number of urea groups is 1. The number of esters is 1. The molecule has 0 spiro atoms. The summed E-state index contributed by atoms with van der Waals surface area (Å²) in [7, 11) is 0. The van der Waals surface area contributed by atoms with Gasteiger partial charge < -0.3 is 20.1 Å². The lowest BCUT2D eigenvalue weighted by molar-refractivity contribution is -0.150. The minimum atomic E-state index is -0.528. The first-order valence-electron chi connectivity index (χ1n) is 8.65. The van der Waals surface area contributed by atoms with Gasteiger partial charge in [0.1, 0.15) is 17.4 Å². The second-order valence-electron chi connectivity index (χ2n) is 6.15. The maximum Gasteiger partial charge on any atom is 0.315 e. The molecule has 1 heterocycles. The highest BCUT2D eigenvalue weighted by Gasteiger charge is 2.40. The molecule has 0 bridgehead atoms. The molecule has 2 aromatic carbocycles. The number of hydrogen-bond donors (Lipinski definition) is 2. The van der Waals surface area contributed by atoms with Crippen LogP contribution in [0.4, 0.5) is 4.79 Å². The maximum atomic E-state index is 12.4. The van der Waals surface area contributed by atoms with Gasteiger partial charge in [0.2, 0.25) is 0 Å². The van der Waals surface area contributed by atoms with Crippen LogP contribution in [-0.2, 0) is 9.53 Å². The standard InChI is InChI=1S/C20H22N2O4/c1-3-25-19(23)17-13(2)21-20(24)22-18(17)14-8-7-11-16(12-14)26-15-9-5-4-6-10-15/h4-13,17-18H,3H2,1-2H3,(H2,21,22,24). The summed E-state index contributed by atoms with van der Waals surface area (Å²) in [4.78, 5) is 24.4. The van der Waals surface area contributed by atoms with Crippen LogP contribution < -0.4 is 15.4 Å². The second-order valence-corrected chi connectivity index (χ2v) is 6.15. The van der Waals surface area contributed by atoms with E-state index in [9.17, 15) is 9.59 Å². The second kappa shape index (κ2) is 7.91. The van der Waals surface area contributed by atoms with Crippen molar-refractivity contribution < 1.29 is 19.1 Å². The first-order chi connectivity index (χ1) is 12.6. The summed E-state index contributed by atoms with van der Waals surface area (Å²) < 4.78 is 11.1. The molecule has 3 unspecified atom stereocenters. The molecule has 6 heteroatoms. The van der Waals surface area contributed by atoms with E-state index in [0.29, 0.717) is 18.1 Å². The lowest BCUT2D eigenvalue weighted by atomic mass is 9.86. The van der Waals surface area contributed by atoms with E-state index in [0.717, 1.165) is 5.56 Å². The van der Waals surface area contributed by atoms with Crippen LogP contribution in [0.3, 0.4) is 0 Å². The largest absolute Gasteiger partial charge is 0.466 e. The molecule has 6 nitrogen and oxygen atoms in total. The summed E-state index contributed by atoms with van der Waals surface area (Å²) in [5, 5.41) is 5.58. The fourth-order valence-corrected chi connectivity index (χ4v) is 3.12. The predicted octanol–water partition coefficient (Wildman–Crippen LogP) is 3.40. The molecule has 0 radical (unpaired) electrons. The summed E-state index contributed by atoms with van der Waals surface area (Å²) >= 11 is 0. The van der Waals surface area contributed by atoms with E-state index in [-0.39, 0.29) is 18.0 Å². The van der Waals surface area contributed by atoms with Crippen molar-refractivity contribution in [3.8, 4) is 11.5 Å². The molecular formula is C20H22N2O4. The van der Waals surface area contributed by atoms with Gasteiger partial charge in [0.15, 0.2) is 0 Å². The minimum absolute atomic E-state index is 0.292. The highest BCUT2D eigenvalue weighted by Crippen LogP contribution is 2.32. The van der Waals surface area contributed by atoms with Gasteiger partial charge in [-0.25, -0.2) is 4.79 Å². The number of carbonyl (C=O) groups is 2. The molecule has 2 aromatic rings. The fraction of sp³-hybridized carbons (Fsp3) is 0.300. The molecule has 0 saturated carbocycles. The maximum absolute atomic E-state index is 12.4. The fourth-order valence-electron chi connectivity index (χ4n) is 3.12. The number of benzene rings is 2. The van der Waals surface area contributed by atoms with Gasteiger partial charge in [0, 0.05) is 6.04 Å². The van der Waals surface area contributed by atoms with Gasteiger partial charge in [0.25, 0.3) is 0 Å². The topological polar surface area (TPSA) is 76.7 Å². The molecular weight excluding hydrogens is 332 g/mol. The summed E-state index contributed by atoms with van der Waals surface area (Å²) in [5.41, 5.74) is 0.790. The van der Waals surface area contributed by atoms with Crippen molar-refractivity contribution in [3.05, 3.63) is 60.2 Å². The van der Waals surface area contributed by atoms with Crippen LogP contribution in [0.15, 0.2) is 54.6 Å². The SMILES string of the molecule is CCOC(=O)C1C(C)NC(=O)NC1c1cccc(Oc2ccccc2)c1. The molecule has 26 heavy (non-hydrogen) atoms. The first kappa shape index (κ1) is 17.8. The Bertz CT molecular complexity index is 778. The van der Waals surface area contributed by atoms with E-state index in [1.807, 2.05) is 54.6 Å². The lowest BCUT2D eigenvalue weighted by Crippen LogP contribution is -2.57. The number of nitrogens with one attached hydrogen (secondary N) is 2. The summed E-state index contributed by atoms with van der Waals surface area (Å²) in [6.07, 6.45) is 0. The minimum Gasteiger partial charge on any atom is -0.466 e. The Balaban J connectivity index is 1.88. The molecule has 2 N–H and O–H groups in total. The van der Waals surface area contributed by atoms with Crippen molar-refractivity contribution in [2.24, 2.45) is 5.92 Å². The van der Waals surface area contributed by atoms with Crippen molar-refractivity contribution >= 4 is 12.0 Å². The molecule has 136 valence electrons. The number of rotatable bonds is 5. The quantitative estimate of drug-likeness (QED) is 0.807. The van der Waals surface area contributed by atoms with Crippen LogP contribution in [0, 0.1) is 5.92 Å². The van der Waals surface area contributed by atoms with Crippen molar-refractivity contribution in [2.75, 3.05) is 6.61 Å². The Morgan fingerprint density at radius 2 is 1.77 bits per heavy atom. The van der Waals surface area contributed by atoms with Crippen LogP contribution in [-0.4, -0.2) is 24.6 Å². The predicted molar refractivity (Wildman–Crippen MR) is 97.0 cm³/mol. The number of hydrogen-bond acceptors (Lipinski definition) is 4. The number of carbonyl (C=O) groups excluding carboxylic acids is 2. The normalized spacial score (nSPS) is 22.1. The molecule has 0 aromatic heterocycles. The number of amides is 2. The summed E-state index contributed by atoms with van der Waals surface area (Å²) in [5.74, 6) is 0.484. The van der Waals surface area contributed by atoms with E-state index >= 15 is 0 Å². The zero-order chi connectivity index (χ0) is 18.5. The number of para-hydroxylation sites is 1. The van der Waals surface area contributed by atoms with E-state index in [1.165, 1.54) is 0 Å². The van der Waals surface area contributed by atoms with Crippen molar-refractivity contribution in [1.82, 2.24) is 10.6 Å². The summed E-state index contributed by atoms with van der Waals surface area (Å²) in [6, 6.07) is 15.7. The number of ether oxygens (including phenoxy) is 2. The molecule has 1 aliphatic heterocycles. The molecule has 2 amide bonds. The van der Waals surface area contributed by atoms with Crippen molar-refractivity contribution in [3.63, 3.8) is 0 Å².